The van der Waals surface area contributed by atoms with Crippen LogP contribution in [0.2, 0.25) is 0 Å². The largest absolute Gasteiger partial charge is 0.360 e. The Hall–Kier alpha value is -4.92. The number of likely N-dealkylation sites (tertiary alicyclic amines) is 1. The van der Waals surface area contributed by atoms with Gasteiger partial charge in [0.15, 0.2) is 0 Å². The van der Waals surface area contributed by atoms with Crippen molar-refractivity contribution in [3.05, 3.63) is 133 Å². The summed E-state index contributed by atoms with van der Waals surface area (Å²) in [5.41, 5.74) is 11.3. The van der Waals surface area contributed by atoms with Gasteiger partial charge in [-0.1, -0.05) is 6.42 Å². The van der Waals surface area contributed by atoms with E-state index in [1.165, 1.54) is 78.9 Å². The fraction of sp³-hybridized carbons (Fsp3) is 0.302. The number of halogens is 2. The van der Waals surface area contributed by atoms with Crippen molar-refractivity contribution in [2.75, 3.05) is 40.3 Å². The van der Waals surface area contributed by atoms with Crippen molar-refractivity contribution in [3.63, 3.8) is 0 Å². The van der Waals surface area contributed by atoms with Gasteiger partial charge in [-0.15, -0.1) is 0 Å². The van der Waals surface area contributed by atoms with E-state index in [1.54, 1.807) is 12.4 Å². The third-order valence-electron chi connectivity index (χ3n) is 9.55. The second kappa shape index (κ2) is 17.8. The highest BCUT2D eigenvalue weighted by Crippen LogP contribution is 2.36. The van der Waals surface area contributed by atoms with Crippen molar-refractivity contribution in [1.29, 1.82) is 0 Å². The molecule has 264 valence electrons. The Labute approximate surface area is 300 Å². The molecule has 0 amide bonds. The second-order valence-corrected chi connectivity index (χ2v) is 13.5. The van der Waals surface area contributed by atoms with E-state index in [2.05, 4.69) is 56.2 Å². The number of nitrogens with one attached hydrogen (secondary N) is 2. The lowest BCUT2D eigenvalue weighted by molar-refractivity contribution is 0.226. The minimum absolute atomic E-state index is 0.211. The van der Waals surface area contributed by atoms with E-state index < -0.39 is 0 Å². The number of nitrogens with zero attached hydrogens (tertiary/aromatic N) is 4. The van der Waals surface area contributed by atoms with E-state index in [1.807, 2.05) is 60.9 Å². The zero-order valence-electron chi connectivity index (χ0n) is 29.7. The third kappa shape index (κ3) is 9.66. The molecule has 1 aliphatic rings. The molecule has 0 saturated carbocycles. The van der Waals surface area contributed by atoms with Crippen molar-refractivity contribution >= 4 is 0 Å². The van der Waals surface area contributed by atoms with Crippen LogP contribution in [0.4, 0.5) is 8.78 Å². The van der Waals surface area contributed by atoms with Crippen LogP contribution in [-0.2, 0) is 12.8 Å². The molecular weight excluding hydrogens is 639 g/mol. The summed E-state index contributed by atoms with van der Waals surface area (Å²) in [6.45, 7) is 4.69. The number of aryl methyl sites for hydroxylation is 2. The van der Waals surface area contributed by atoms with Crippen LogP contribution in [0.1, 0.15) is 43.2 Å². The molecule has 5 heterocycles. The van der Waals surface area contributed by atoms with Crippen molar-refractivity contribution in [1.82, 2.24) is 29.7 Å². The Morgan fingerprint density at radius 1 is 0.588 bits per heavy atom. The first-order valence-corrected chi connectivity index (χ1v) is 18.1. The molecule has 0 spiro atoms. The summed E-state index contributed by atoms with van der Waals surface area (Å²) in [6.07, 6.45) is 19.8. The monoisotopic (exact) mass is 686 g/mol. The molecule has 6 aromatic rings. The number of rotatable bonds is 12. The van der Waals surface area contributed by atoms with Crippen molar-refractivity contribution in [2.45, 2.75) is 44.9 Å². The van der Waals surface area contributed by atoms with E-state index >= 15 is 0 Å². The van der Waals surface area contributed by atoms with Gasteiger partial charge < -0.3 is 19.8 Å². The van der Waals surface area contributed by atoms with Crippen molar-refractivity contribution < 1.29 is 8.78 Å². The average Bonchev–Trinajstić information content (AvgIpc) is 3.78. The van der Waals surface area contributed by atoms with E-state index in [0.29, 0.717) is 0 Å². The SMILES string of the molecule is CN(C)CCCc1c[nH]c(-c2ccc(F)cc2)c1-c1ccncc1.Fc1ccc(-c2[nH]cc(CCCN3CCCCC3)c2-c2ccncc2)cc1. The lowest BCUT2D eigenvalue weighted by atomic mass is 9.96. The highest BCUT2D eigenvalue weighted by atomic mass is 19.1. The summed E-state index contributed by atoms with van der Waals surface area (Å²) in [5.74, 6) is -0.431. The molecule has 0 aliphatic carbocycles. The first-order chi connectivity index (χ1) is 25.0. The van der Waals surface area contributed by atoms with Crippen LogP contribution < -0.4 is 0 Å². The van der Waals surface area contributed by atoms with Gasteiger partial charge in [-0.3, -0.25) is 9.97 Å². The van der Waals surface area contributed by atoms with Crippen molar-refractivity contribution in [3.8, 4) is 44.8 Å². The zero-order chi connectivity index (χ0) is 35.4. The van der Waals surface area contributed by atoms with Gasteiger partial charge in [-0.2, -0.15) is 0 Å². The Morgan fingerprint density at radius 3 is 1.49 bits per heavy atom. The highest BCUT2D eigenvalue weighted by Gasteiger charge is 2.17. The van der Waals surface area contributed by atoms with Gasteiger partial charge in [0.1, 0.15) is 11.6 Å². The minimum Gasteiger partial charge on any atom is -0.360 e. The molecule has 2 N–H and O–H groups in total. The summed E-state index contributed by atoms with van der Waals surface area (Å²) < 4.78 is 26.6. The number of aromatic amines is 2. The highest BCUT2D eigenvalue weighted by molar-refractivity contribution is 5.84. The molecule has 7 rings (SSSR count). The van der Waals surface area contributed by atoms with Crippen LogP contribution in [-0.4, -0.2) is 70.0 Å². The smallest absolute Gasteiger partial charge is 0.123 e. The van der Waals surface area contributed by atoms with Crippen LogP contribution in [0, 0.1) is 11.6 Å². The third-order valence-corrected chi connectivity index (χ3v) is 9.55. The molecule has 4 aromatic heterocycles. The normalized spacial score (nSPS) is 13.3. The standard InChI is InChI=1S/C23H26FN3.C20H22FN3/c24-21-8-6-19(7-9-21)23-22(18-10-12-25-13-11-18)20(17-26-23)5-4-16-27-14-2-1-3-15-27;1-24(2)13-3-4-17-14-23-20(16-5-7-18(21)8-6-16)19(17)15-9-11-22-12-10-15/h6-13,17,26H,1-5,14-16H2;5-12,14,23H,3-4,13H2,1-2H3. The number of pyridine rings is 2. The Kier molecular flexibility index (Phi) is 12.6. The molecule has 2 aromatic carbocycles. The average molecular weight is 687 g/mol. The summed E-state index contributed by atoms with van der Waals surface area (Å²) in [6, 6.07) is 21.5. The molecule has 6 nitrogen and oxygen atoms in total. The lowest BCUT2D eigenvalue weighted by Crippen LogP contribution is -2.30. The van der Waals surface area contributed by atoms with Gasteiger partial charge >= 0.3 is 0 Å². The van der Waals surface area contributed by atoms with Gasteiger partial charge in [0.05, 0.1) is 11.4 Å². The maximum Gasteiger partial charge on any atom is 0.123 e. The zero-order valence-corrected chi connectivity index (χ0v) is 29.7. The molecule has 0 atom stereocenters. The molecule has 1 saturated heterocycles. The quantitative estimate of drug-likeness (QED) is 0.135. The van der Waals surface area contributed by atoms with Crippen LogP contribution in [0.25, 0.3) is 44.8 Å². The summed E-state index contributed by atoms with van der Waals surface area (Å²) in [7, 11) is 4.18. The molecule has 1 aliphatic heterocycles. The van der Waals surface area contributed by atoms with Crippen molar-refractivity contribution in [2.24, 2.45) is 0 Å². The van der Waals surface area contributed by atoms with E-state index in [-0.39, 0.29) is 11.6 Å². The van der Waals surface area contributed by atoms with Crippen LogP contribution >= 0.6 is 0 Å². The van der Waals surface area contributed by atoms with Gasteiger partial charge in [0, 0.05) is 48.3 Å². The summed E-state index contributed by atoms with van der Waals surface area (Å²) in [4.78, 5) is 19.9. The van der Waals surface area contributed by atoms with Gasteiger partial charge in [0.25, 0.3) is 0 Å². The van der Waals surface area contributed by atoms with E-state index in [9.17, 15) is 8.78 Å². The first-order valence-electron chi connectivity index (χ1n) is 18.1. The van der Waals surface area contributed by atoms with Gasteiger partial charge in [-0.05, 0) is 185 Å². The predicted molar refractivity (Wildman–Crippen MR) is 204 cm³/mol. The molecule has 0 bridgehead atoms. The number of H-pyrrole nitrogens is 2. The topological polar surface area (TPSA) is 63.8 Å². The van der Waals surface area contributed by atoms with Crippen LogP contribution in [0.5, 0.6) is 0 Å². The molecule has 51 heavy (non-hydrogen) atoms. The fourth-order valence-electron chi connectivity index (χ4n) is 6.97. The number of aromatic nitrogens is 4. The Morgan fingerprint density at radius 2 is 1.04 bits per heavy atom. The number of hydrogen-bond donors (Lipinski definition) is 2. The number of piperidine rings is 1. The Balaban J connectivity index is 0.000000177. The molecule has 0 radical (unpaired) electrons. The van der Waals surface area contributed by atoms with Crippen LogP contribution in [0.3, 0.4) is 0 Å². The first kappa shape index (κ1) is 35.9. The second-order valence-electron chi connectivity index (χ2n) is 13.5. The van der Waals surface area contributed by atoms with Gasteiger partial charge in [-0.25, -0.2) is 8.78 Å². The van der Waals surface area contributed by atoms with E-state index in [4.69, 9.17) is 0 Å². The summed E-state index contributed by atoms with van der Waals surface area (Å²) in [5, 5.41) is 0. The maximum absolute atomic E-state index is 13.4. The molecule has 8 heteroatoms. The minimum atomic E-state index is -0.220. The van der Waals surface area contributed by atoms with E-state index in [0.717, 1.165) is 72.4 Å². The molecular formula is C43H48F2N6. The summed E-state index contributed by atoms with van der Waals surface area (Å²) >= 11 is 0. The molecule has 0 unspecified atom stereocenters. The predicted octanol–water partition coefficient (Wildman–Crippen LogP) is 9.68. The van der Waals surface area contributed by atoms with Crippen LogP contribution in [0.15, 0.2) is 110 Å². The number of hydrogen-bond acceptors (Lipinski definition) is 4. The molecule has 1 fully saturated rings. The van der Waals surface area contributed by atoms with Gasteiger partial charge in [0.2, 0.25) is 0 Å². The maximum atomic E-state index is 13.4. The fourth-order valence-corrected chi connectivity index (χ4v) is 6.97. The lowest BCUT2D eigenvalue weighted by Gasteiger charge is -2.26. The number of benzene rings is 2. The Bertz CT molecular complexity index is 1910.